The maximum absolute atomic E-state index is 6.04. The second-order valence-electron chi connectivity index (χ2n) is 4.69. The van der Waals surface area contributed by atoms with Crippen LogP contribution in [0.1, 0.15) is 25.3 Å². The van der Waals surface area contributed by atoms with E-state index in [0.717, 1.165) is 18.8 Å². The zero-order chi connectivity index (χ0) is 11.4. The monoisotopic (exact) mass is 219 g/mol. The summed E-state index contributed by atoms with van der Waals surface area (Å²) in [5.74, 6) is 1.67. The zero-order valence-corrected chi connectivity index (χ0v) is 10.2. The van der Waals surface area contributed by atoms with E-state index in [4.69, 9.17) is 4.74 Å². The Bertz CT molecular complexity index is 331. The molecule has 2 unspecified atom stereocenters. The van der Waals surface area contributed by atoms with Gasteiger partial charge in [0.05, 0.1) is 6.10 Å². The Labute approximate surface area is 98.0 Å². The van der Waals surface area contributed by atoms with Crippen molar-refractivity contribution in [3.05, 3.63) is 29.8 Å². The van der Waals surface area contributed by atoms with Crippen molar-refractivity contribution in [1.82, 2.24) is 5.32 Å². The molecule has 2 rings (SSSR count). The highest BCUT2D eigenvalue weighted by Crippen LogP contribution is 2.23. The van der Waals surface area contributed by atoms with E-state index in [1.165, 1.54) is 18.4 Å². The minimum Gasteiger partial charge on any atom is -0.490 e. The average molecular weight is 219 g/mol. The topological polar surface area (TPSA) is 21.3 Å². The van der Waals surface area contributed by atoms with Crippen molar-refractivity contribution in [1.29, 1.82) is 0 Å². The van der Waals surface area contributed by atoms with Crippen LogP contribution < -0.4 is 10.1 Å². The predicted octanol–water partition coefficient (Wildman–Crippen LogP) is 2.76. The first-order valence-corrected chi connectivity index (χ1v) is 6.20. The smallest absolute Gasteiger partial charge is 0.122 e. The van der Waals surface area contributed by atoms with Crippen LogP contribution in [0, 0.1) is 12.8 Å². The number of para-hydroxylation sites is 1. The number of ether oxygens (including phenoxy) is 1. The first kappa shape index (κ1) is 11.5. The fourth-order valence-electron chi connectivity index (χ4n) is 2.26. The Hall–Kier alpha value is -1.02. The molecule has 1 N–H and O–H groups in total. The number of hydrogen-bond acceptors (Lipinski definition) is 2. The molecule has 0 radical (unpaired) electrons. The van der Waals surface area contributed by atoms with Gasteiger partial charge in [0.2, 0.25) is 0 Å². The summed E-state index contributed by atoms with van der Waals surface area (Å²) in [6.45, 7) is 6.53. The van der Waals surface area contributed by atoms with Crippen molar-refractivity contribution in [2.24, 2.45) is 5.92 Å². The average Bonchev–Trinajstić information content (AvgIpc) is 2.33. The number of hydrogen-bond donors (Lipinski definition) is 1. The molecule has 0 aromatic heterocycles. The molecule has 1 saturated heterocycles. The van der Waals surface area contributed by atoms with Crippen LogP contribution in [0.3, 0.4) is 0 Å². The van der Waals surface area contributed by atoms with E-state index in [2.05, 4.69) is 37.4 Å². The first-order valence-electron chi connectivity index (χ1n) is 6.20. The van der Waals surface area contributed by atoms with Crippen molar-refractivity contribution >= 4 is 0 Å². The molecular weight excluding hydrogens is 198 g/mol. The fraction of sp³-hybridized carbons (Fsp3) is 0.571. The third kappa shape index (κ3) is 2.76. The van der Waals surface area contributed by atoms with E-state index in [1.54, 1.807) is 0 Å². The molecule has 1 fully saturated rings. The van der Waals surface area contributed by atoms with E-state index in [0.29, 0.717) is 12.0 Å². The van der Waals surface area contributed by atoms with Crippen LogP contribution in [0.15, 0.2) is 24.3 Å². The lowest BCUT2D eigenvalue weighted by Crippen LogP contribution is -2.37. The van der Waals surface area contributed by atoms with Gasteiger partial charge < -0.3 is 10.1 Å². The van der Waals surface area contributed by atoms with E-state index in [9.17, 15) is 0 Å². The van der Waals surface area contributed by atoms with Crippen LogP contribution in [-0.4, -0.2) is 19.2 Å². The molecule has 0 aliphatic carbocycles. The third-order valence-corrected chi connectivity index (χ3v) is 3.41. The molecule has 0 spiro atoms. The molecule has 2 nitrogen and oxygen atoms in total. The molecule has 0 amide bonds. The van der Waals surface area contributed by atoms with Crippen molar-refractivity contribution in [3.8, 4) is 5.75 Å². The summed E-state index contributed by atoms with van der Waals surface area (Å²) >= 11 is 0. The molecule has 1 aromatic rings. The molecule has 0 bridgehead atoms. The van der Waals surface area contributed by atoms with Gasteiger partial charge in [-0.2, -0.15) is 0 Å². The van der Waals surface area contributed by atoms with Gasteiger partial charge in [-0.15, -0.1) is 0 Å². The highest BCUT2D eigenvalue weighted by Gasteiger charge is 2.21. The Balaban J connectivity index is 1.96. The molecule has 16 heavy (non-hydrogen) atoms. The first-order chi connectivity index (χ1) is 7.77. The Morgan fingerprint density at radius 3 is 2.88 bits per heavy atom. The maximum Gasteiger partial charge on any atom is 0.122 e. The van der Waals surface area contributed by atoms with Gasteiger partial charge in [0.1, 0.15) is 5.75 Å². The Morgan fingerprint density at radius 2 is 2.19 bits per heavy atom. The molecule has 1 heterocycles. The molecule has 1 aliphatic heterocycles. The van der Waals surface area contributed by atoms with Gasteiger partial charge in [-0.3, -0.25) is 0 Å². The van der Waals surface area contributed by atoms with Gasteiger partial charge in [0, 0.05) is 12.5 Å². The van der Waals surface area contributed by atoms with E-state index in [-0.39, 0.29) is 0 Å². The van der Waals surface area contributed by atoms with E-state index < -0.39 is 0 Å². The molecule has 88 valence electrons. The van der Waals surface area contributed by atoms with Crippen LogP contribution in [0.5, 0.6) is 5.75 Å². The number of piperidine rings is 1. The number of rotatable bonds is 3. The standard InChI is InChI=1S/C14H21NO/c1-11-6-3-4-8-14(11)16-12(2)13-7-5-9-15-10-13/h3-4,6,8,12-13,15H,5,7,9-10H2,1-2H3. The summed E-state index contributed by atoms with van der Waals surface area (Å²) in [5.41, 5.74) is 1.22. The lowest BCUT2D eigenvalue weighted by Gasteiger charge is -2.29. The fourth-order valence-corrected chi connectivity index (χ4v) is 2.26. The van der Waals surface area contributed by atoms with Gasteiger partial charge in [-0.25, -0.2) is 0 Å². The second kappa shape index (κ2) is 5.35. The molecule has 0 saturated carbocycles. The number of aryl methyl sites for hydroxylation is 1. The maximum atomic E-state index is 6.04. The van der Waals surface area contributed by atoms with Crippen molar-refractivity contribution < 1.29 is 4.74 Å². The summed E-state index contributed by atoms with van der Waals surface area (Å²) in [5, 5.41) is 3.44. The number of benzene rings is 1. The molecule has 2 atom stereocenters. The SMILES string of the molecule is Cc1ccccc1OC(C)C1CCCNC1. The van der Waals surface area contributed by atoms with Gasteiger partial charge in [0.25, 0.3) is 0 Å². The third-order valence-electron chi connectivity index (χ3n) is 3.41. The van der Waals surface area contributed by atoms with E-state index >= 15 is 0 Å². The summed E-state index contributed by atoms with van der Waals surface area (Å²) in [7, 11) is 0. The van der Waals surface area contributed by atoms with Crippen LogP contribution in [0.2, 0.25) is 0 Å². The highest BCUT2D eigenvalue weighted by molar-refractivity contribution is 5.31. The summed E-state index contributed by atoms with van der Waals surface area (Å²) in [6, 6.07) is 8.24. The largest absolute Gasteiger partial charge is 0.490 e. The summed E-state index contributed by atoms with van der Waals surface area (Å²) in [6.07, 6.45) is 2.85. The Morgan fingerprint density at radius 1 is 1.38 bits per heavy atom. The van der Waals surface area contributed by atoms with Crippen molar-refractivity contribution in [2.75, 3.05) is 13.1 Å². The minimum atomic E-state index is 0.300. The highest BCUT2D eigenvalue weighted by atomic mass is 16.5. The molecule has 1 aliphatic rings. The van der Waals surface area contributed by atoms with Crippen LogP contribution in [0.25, 0.3) is 0 Å². The predicted molar refractivity (Wildman–Crippen MR) is 66.9 cm³/mol. The van der Waals surface area contributed by atoms with Crippen molar-refractivity contribution in [2.45, 2.75) is 32.8 Å². The Kier molecular flexibility index (Phi) is 3.83. The van der Waals surface area contributed by atoms with Gasteiger partial charge in [0.15, 0.2) is 0 Å². The lowest BCUT2D eigenvalue weighted by molar-refractivity contribution is 0.130. The van der Waals surface area contributed by atoms with Crippen LogP contribution >= 0.6 is 0 Å². The van der Waals surface area contributed by atoms with Crippen LogP contribution in [-0.2, 0) is 0 Å². The van der Waals surface area contributed by atoms with Gasteiger partial charge in [-0.1, -0.05) is 18.2 Å². The van der Waals surface area contributed by atoms with E-state index in [1.807, 2.05) is 6.07 Å². The minimum absolute atomic E-state index is 0.300. The quantitative estimate of drug-likeness (QED) is 0.844. The van der Waals surface area contributed by atoms with Gasteiger partial charge >= 0.3 is 0 Å². The molecular formula is C14H21NO. The molecule has 1 aromatic carbocycles. The molecule has 2 heteroatoms. The zero-order valence-electron chi connectivity index (χ0n) is 10.2. The van der Waals surface area contributed by atoms with Crippen molar-refractivity contribution in [3.63, 3.8) is 0 Å². The second-order valence-corrected chi connectivity index (χ2v) is 4.69. The lowest BCUT2D eigenvalue weighted by atomic mass is 9.94. The van der Waals surface area contributed by atoms with Gasteiger partial charge in [-0.05, 0) is 44.9 Å². The summed E-state index contributed by atoms with van der Waals surface area (Å²) in [4.78, 5) is 0. The number of nitrogens with one attached hydrogen (secondary N) is 1. The van der Waals surface area contributed by atoms with Crippen LogP contribution in [0.4, 0.5) is 0 Å². The summed E-state index contributed by atoms with van der Waals surface area (Å²) < 4.78 is 6.04. The normalized spacial score (nSPS) is 22.8.